The van der Waals surface area contributed by atoms with Crippen molar-refractivity contribution in [3.05, 3.63) is 18.2 Å². The number of carbonyl (C=O) groups is 1. The average Bonchev–Trinajstić information content (AvgIpc) is 2.97. The molecule has 3 aliphatic rings. The standard InChI is InChI=1S/C18H26N4O2/c1-10(2)22-8-14(19-9-22)17(23)21-6-12-13(7-21)15(12)16-11(3)18(4,5)24-20-16/h8-13,15H,6-7H2,1-5H3/t11?,12-,13+,15?. The quantitative estimate of drug-likeness (QED) is 0.856. The molecule has 2 aliphatic heterocycles. The van der Waals surface area contributed by atoms with E-state index in [4.69, 9.17) is 4.84 Å². The van der Waals surface area contributed by atoms with Gasteiger partial charge in [-0.05, 0) is 39.5 Å². The molecule has 24 heavy (non-hydrogen) atoms. The van der Waals surface area contributed by atoms with Gasteiger partial charge in [0, 0.05) is 37.2 Å². The number of hydrogen-bond acceptors (Lipinski definition) is 4. The van der Waals surface area contributed by atoms with Crippen LogP contribution in [-0.4, -0.2) is 44.8 Å². The van der Waals surface area contributed by atoms with Crippen LogP contribution >= 0.6 is 0 Å². The Balaban J connectivity index is 1.39. The number of imidazole rings is 1. The number of aromatic nitrogens is 2. The van der Waals surface area contributed by atoms with Crippen molar-refractivity contribution < 1.29 is 9.63 Å². The Kier molecular flexibility index (Phi) is 3.31. The van der Waals surface area contributed by atoms with Crippen molar-refractivity contribution in [2.45, 2.75) is 46.3 Å². The van der Waals surface area contributed by atoms with Crippen LogP contribution in [0.2, 0.25) is 0 Å². The van der Waals surface area contributed by atoms with Crippen molar-refractivity contribution in [1.82, 2.24) is 14.5 Å². The van der Waals surface area contributed by atoms with E-state index in [2.05, 4.69) is 44.8 Å². The monoisotopic (exact) mass is 330 g/mol. The number of likely N-dealkylation sites (tertiary alicyclic amines) is 1. The van der Waals surface area contributed by atoms with Crippen molar-refractivity contribution in [3.8, 4) is 0 Å². The number of hydrogen-bond donors (Lipinski definition) is 0. The van der Waals surface area contributed by atoms with E-state index in [1.165, 1.54) is 5.71 Å². The van der Waals surface area contributed by atoms with Gasteiger partial charge in [0.25, 0.3) is 5.91 Å². The lowest BCUT2D eigenvalue weighted by molar-refractivity contribution is -0.0103. The zero-order chi connectivity index (χ0) is 17.2. The third kappa shape index (κ3) is 2.26. The van der Waals surface area contributed by atoms with Crippen LogP contribution < -0.4 is 0 Å². The first-order chi connectivity index (χ1) is 11.3. The summed E-state index contributed by atoms with van der Waals surface area (Å²) in [6.07, 6.45) is 3.60. The van der Waals surface area contributed by atoms with Gasteiger partial charge in [0.2, 0.25) is 0 Å². The lowest BCUT2D eigenvalue weighted by atomic mass is 9.86. The zero-order valence-corrected chi connectivity index (χ0v) is 15.1. The first kappa shape index (κ1) is 15.7. The minimum absolute atomic E-state index is 0.0540. The second-order valence-corrected chi connectivity index (χ2v) is 8.30. The fraction of sp³-hybridized carbons (Fsp3) is 0.722. The molecule has 4 atom stereocenters. The van der Waals surface area contributed by atoms with Gasteiger partial charge in [0.15, 0.2) is 0 Å². The van der Waals surface area contributed by atoms with Crippen LogP contribution in [0.15, 0.2) is 17.7 Å². The van der Waals surface area contributed by atoms with Crippen molar-refractivity contribution in [1.29, 1.82) is 0 Å². The number of fused-ring (bicyclic) bond motifs is 1. The van der Waals surface area contributed by atoms with E-state index in [0.717, 1.165) is 13.1 Å². The molecule has 1 aromatic rings. The molecule has 0 N–H and O–H groups in total. The van der Waals surface area contributed by atoms with Gasteiger partial charge in [-0.3, -0.25) is 4.79 Å². The first-order valence-corrected chi connectivity index (χ1v) is 8.88. The second kappa shape index (κ2) is 5.07. The predicted octanol–water partition coefficient (Wildman–Crippen LogP) is 2.58. The van der Waals surface area contributed by atoms with E-state index in [1.54, 1.807) is 6.33 Å². The Bertz CT molecular complexity index is 694. The number of amides is 1. The normalized spacial score (nSPS) is 33.4. The Morgan fingerprint density at radius 2 is 2.00 bits per heavy atom. The van der Waals surface area contributed by atoms with E-state index >= 15 is 0 Å². The molecular weight excluding hydrogens is 304 g/mol. The summed E-state index contributed by atoms with van der Waals surface area (Å²) < 4.78 is 1.97. The third-order valence-corrected chi connectivity index (χ3v) is 6.11. The Labute approximate surface area is 142 Å². The maximum atomic E-state index is 12.6. The molecule has 6 heteroatoms. The summed E-state index contributed by atoms with van der Waals surface area (Å²) in [5.41, 5.74) is 1.55. The summed E-state index contributed by atoms with van der Waals surface area (Å²) in [5, 5.41) is 4.36. The number of carbonyl (C=O) groups excluding carboxylic acids is 1. The molecule has 130 valence electrons. The largest absolute Gasteiger partial charge is 0.389 e. The van der Waals surface area contributed by atoms with Crippen molar-refractivity contribution in [2.75, 3.05) is 13.1 Å². The molecule has 0 radical (unpaired) electrons. The van der Waals surface area contributed by atoms with Crippen LogP contribution in [0.25, 0.3) is 0 Å². The van der Waals surface area contributed by atoms with Gasteiger partial charge < -0.3 is 14.3 Å². The topological polar surface area (TPSA) is 59.7 Å². The summed E-state index contributed by atoms with van der Waals surface area (Å²) in [4.78, 5) is 24.5. The lowest BCUT2D eigenvalue weighted by Crippen LogP contribution is -2.35. The molecule has 1 saturated heterocycles. The summed E-state index contributed by atoms with van der Waals surface area (Å²) in [7, 11) is 0. The molecule has 0 bridgehead atoms. The van der Waals surface area contributed by atoms with Crippen molar-refractivity contribution in [3.63, 3.8) is 0 Å². The molecule has 1 saturated carbocycles. The molecule has 6 nitrogen and oxygen atoms in total. The molecule has 1 aromatic heterocycles. The molecule has 4 rings (SSSR count). The summed E-state index contributed by atoms with van der Waals surface area (Å²) in [6, 6.07) is 0.320. The highest BCUT2D eigenvalue weighted by Crippen LogP contribution is 2.55. The first-order valence-electron chi connectivity index (χ1n) is 8.88. The highest BCUT2D eigenvalue weighted by Gasteiger charge is 2.61. The van der Waals surface area contributed by atoms with Crippen LogP contribution in [0.5, 0.6) is 0 Å². The fourth-order valence-electron chi connectivity index (χ4n) is 4.06. The summed E-state index contributed by atoms with van der Waals surface area (Å²) >= 11 is 0. The number of oxime groups is 1. The van der Waals surface area contributed by atoms with Gasteiger partial charge >= 0.3 is 0 Å². The van der Waals surface area contributed by atoms with E-state index < -0.39 is 0 Å². The number of piperidine rings is 1. The zero-order valence-electron chi connectivity index (χ0n) is 15.1. The van der Waals surface area contributed by atoms with Gasteiger partial charge in [0.1, 0.15) is 11.3 Å². The highest BCUT2D eigenvalue weighted by molar-refractivity contribution is 5.95. The highest BCUT2D eigenvalue weighted by atomic mass is 16.7. The molecule has 2 fully saturated rings. The van der Waals surface area contributed by atoms with Crippen LogP contribution in [-0.2, 0) is 4.84 Å². The second-order valence-electron chi connectivity index (χ2n) is 8.30. The van der Waals surface area contributed by atoms with Crippen LogP contribution in [0.4, 0.5) is 0 Å². The van der Waals surface area contributed by atoms with Crippen molar-refractivity contribution >= 4 is 11.6 Å². The minimum atomic E-state index is -0.203. The Morgan fingerprint density at radius 1 is 1.33 bits per heavy atom. The summed E-state index contributed by atoms with van der Waals surface area (Å²) in [5.74, 6) is 1.98. The van der Waals surface area contributed by atoms with Gasteiger partial charge in [0.05, 0.1) is 12.0 Å². The molecule has 3 heterocycles. The molecule has 0 spiro atoms. The van der Waals surface area contributed by atoms with E-state index in [-0.39, 0.29) is 11.5 Å². The van der Waals surface area contributed by atoms with Gasteiger partial charge in [-0.15, -0.1) is 0 Å². The molecule has 0 aromatic carbocycles. The van der Waals surface area contributed by atoms with Crippen LogP contribution in [0.3, 0.4) is 0 Å². The average molecular weight is 330 g/mol. The maximum Gasteiger partial charge on any atom is 0.274 e. The molecule has 2 unspecified atom stereocenters. The van der Waals surface area contributed by atoms with Crippen LogP contribution in [0.1, 0.15) is 51.1 Å². The minimum Gasteiger partial charge on any atom is -0.389 e. The number of nitrogens with zero attached hydrogens (tertiary/aromatic N) is 4. The fourth-order valence-corrected chi connectivity index (χ4v) is 4.06. The van der Waals surface area contributed by atoms with Gasteiger partial charge in [-0.2, -0.15) is 0 Å². The molecule has 1 aliphatic carbocycles. The van der Waals surface area contributed by atoms with Gasteiger partial charge in [-0.25, -0.2) is 4.98 Å². The van der Waals surface area contributed by atoms with E-state index in [1.807, 2.05) is 15.7 Å². The Morgan fingerprint density at radius 3 is 2.50 bits per heavy atom. The summed E-state index contributed by atoms with van der Waals surface area (Å²) in [6.45, 7) is 12.2. The lowest BCUT2D eigenvalue weighted by Gasteiger charge is -2.23. The SMILES string of the molecule is CC(C)n1cnc(C(=O)N2C[C@@H]3C(C4=NOC(C)(C)C4C)[C@@H]3C2)c1. The molecular formula is C18H26N4O2. The third-order valence-electron chi connectivity index (χ3n) is 6.11. The Hall–Kier alpha value is -1.85. The smallest absolute Gasteiger partial charge is 0.274 e. The van der Waals surface area contributed by atoms with E-state index in [9.17, 15) is 4.79 Å². The predicted molar refractivity (Wildman–Crippen MR) is 90.7 cm³/mol. The van der Waals surface area contributed by atoms with E-state index in [0.29, 0.717) is 35.4 Å². The van der Waals surface area contributed by atoms with Gasteiger partial charge in [-0.1, -0.05) is 12.1 Å². The maximum absolute atomic E-state index is 12.6. The number of rotatable bonds is 3. The molecule has 1 amide bonds. The van der Waals surface area contributed by atoms with Crippen LogP contribution in [0, 0.1) is 23.7 Å². The van der Waals surface area contributed by atoms with Crippen molar-refractivity contribution in [2.24, 2.45) is 28.8 Å².